The lowest BCUT2D eigenvalue weighted by molar-refractivity contribution is -0.303. The quantitative estimate of drug-likeness (QED) is 0.642. The molecule has 3 aliphatic rings. The van der Waals surface area contributed by atoms with Crippen molar-refractivity contribution in [2.24, 2.45) is 5.92 Å². The Bertz CT molecular complexity index is 231. The highest BCUT2D eigenvalue weighted by molar-refractivity contribution is 4.97. The molecule has 3 heteroatoms. The van der Waals surface area contributed by atoms with Crippen LogP contribution in [0.5, 0.6) is 0 Å². The Labute approximate surface area is 84.7 Å². The molecule has 2 saturated heterocycles. The van der Waals surface area contributed by atoms with Gasteiger partial charge < -0.3 is 14.2 Å². The molecular weight excluding hydrogens is 180 g/mol. The largest absolute Gasteiger partial charge is 0.375 e. The van der Waals surface area contributed by atoms with Gasteiger partial charge in [-0.25, -0.2) is 0 Å². The van der Waals surface area contributed by atoms with Crippen LogP contribution in [0.2, 0.25) is 0 Å². The first-order valence-electron chi connectivity index (χ1n) is 5.69. The molecule has 14 heavy (non-hydrogen) atoms. The minimum atomic E-state index is -0.303. The Kier molecular flexibility index (Phi) is 2.08. The van der Waals surface area contributed by atoms with Gasteiger partial charge in [0.05, 0.1) is 18.8 Å². The first-order valence-corrected chi connectivity index (χ1v) is 5.69. The molecule has 0 aromatic heterocycles. The third kappa shape index (κ3) is 1.16. The van der Waals surface area contributed by atoms with Crippen LogP contribution >= 0.6 is 0 Å². The minimum Gasteiger partial charge on any atom is -0.375 e. The summed E-state index contributed by atoms with van der Waals surface area (Å²) < 4.78 is 17.5. The van der Waals surface area contributed by atoms with Crippen molar-refractivity contribution in [3.8, 4) is 0 Å². The van der Waals surface area contributed by atoms with E-state index in [0.29, 0.717) is 12.0 Å². The summed E-state index contributed by atoms with van der Waals surface area (Å²) in [5.74, 6) is 0.169. The predicted molar refractivity (Wildman–Crippen MR) is 50.9 cm³/mol. The van der Waals surface area contributed by atoms with Gasteiger partial charge in [0.25, 0.3) is 0 Å². The van der Waals surface area contributed by atoms with Crippen LogP contribution < -0.4 is 0 Å². The van der Waals surface area contributed by atoms with Crippen LogP contribution in [0, 0.1) is 5.92 Å². The van der Waals surface area contributed by atoms with E-state index in [-0.39, 0.29) is 11.9 Å². The lowest BCUT2D eigenvalue weighted by Crippen LogP contribution is -2.54. The van der Waals surface area contributed by atoms with Crippen LogP contribution in [-0.4, -0.2) is 31.7 Å². The van der Waals surface area contributed by atoms with Gasteiger partial charge in [-0.3, -0.25) is 0 Å². The first-order chi connectivity index (χ1) is 6.84. The molecule has 0 N–H and O–H groups in total. The lowest BCUT2D eigenvalue weighted by Gasteiger charge is -2.47. The zero-order chi connectivity index (χ0) is 9.60. The van der Waals surface area contributed by atoms with E-state index in [4.69, 9.17) is 14.2 Å². The van der Waals surface area contributed by atoms with Gasteiger partial charge in [-0.15, -0.1) is 0 Å². The summed E-state index contributed by atoms with van der Waals surface area (Å²) in [7, 11) is 1.78. The fourth-order valence-electron chi connectivity index (χ4n) is 3.33. The van der Waals surface area contributed by atoms with Crippen molar-refractivity contribution < 1.29 is 14.2 Å². The summed E-state index contributed by atoms with van der Waals surface area (Å²) in [6.07, 6.45) is 6.53. The van der Waals surface area contributed by atoms with E-state index in [2.05, 4.69) is 0 Å². The molecule has 3 nitrogen and oxygen atoms in total. The summed E-state index contributed by atoms with van der Waals surface area (Å²) >= 11 is 0. The Morgan fingerprint density at radius 1 is 1.36 bits per heavy atom. The maximum atomic E-state index is 6.07. The molecule has 0 unspecified atom stereocenters. The molecular formula is C11H18O3. The van der Waals surface area contributed by atoms with Crippen molar-refractivity contribution in [1.82, 2.24) is 0 Å². The fraction of sp³-hybridized carbons (Fsp3) is 1.00. The summed E-state index contributed by atoms with van der Waals surface area (Å²) in [5, 5.41) is 0. The van der Waals surface area contributed by atoms with Crippen LogP contribution in [0.25, 0.3) is 0 Å². The van der Waals surface area contributed by atoms with Gasteiger partial charge in [0.15, 0.2) is 5.79 Å². The summed E-state index contributed by atoms with van der Waals surface area (Å²) in [5.41, 5.74) is 0. The molecule has 4 atom stereocenters. The third-order valence-electron chi connectivity index (χ3n) is 4.01. The van der Waals surface area contributed by atoms with Gasteiger partial charge in [0.2, 0.25) is 0 Å². The zero-order valence-corrected chi connectivity index (χ0v) is 8.70. The molecule has 1 saturated carbocycles. The Morgan fingerprint density at radius 3 is 3.14 bits per heavy atom. The molecule has 0 aromatic rings. The highest BCUT2D eigenvalue weighted by atomic mass is 16.7. The standard InChI is InChI=1S/C11H18O3/c1-12-11-5-3-2-4-9(11)10-6-8(14-11)7-13-10/h8-10H,2-7H2,1H3/t8-,9+,10-,11-/m1/s1. The maximum Gasteiger partial charge on any atom is 0.173 e. The topological polar surface area (TPSA) is 27.7 Å². The van der Waals surface area contributed by atoms with E-state index >= 15 is 0 Å². The monoisotopic (exact) mass is 198 g/mol. The number of ether oxygens (including phenoxy) is 3. The molecule has 2 aliphatic heterocycles. The predicted octanol–water partition coefficient (Wildman–Crippen LogP) is 1.71. The van der Waals surface area contributed by atoms with Gasteiger partial charge in [-0.2, -0.15) is 0 Å². The molecule has 0 radical (unpaired) electrons. The van der Waals surface area contributed by atoms with Gasteiger partial charge >= 0.3 is 0 Å². The second-order valence-corrected chi connectivity index (χ2v) is 4.72. The highest BCUT2D eigenvalue weighted by Crippen LogP contribution is 2.48. The Morgan fingerprint density at radius 2 is 2.29 bits per heavy atom. The van der Waals surface area contributed by atoms with E-state index in [9.17, 15) is 0 Å². The van der Waals surface area contributed by atoms with Crippen LogP contribution in [0.1, 0.15) is 32.1 Å². The third-order valence-corrected chi connectivity index (χ3v) is 4.01. The van der Waals surface area contributed by atoms with Crippen LogP contribution in [0.15, 0.2) is 0 Å². The van der Waals surface area contributed by atoms with E-state index in [1.807, 2.05) is 0 Å². The Balaban J connectivity index is 1.89. The average molecular weight is 198 g/mol. The van der Waals surface area contributed by atoms with Gasteiger partial charge in [-0.1, -0.05) is 6.42 Å². The smallest absolute Gasteiger partial charge is 0.173 e. The van der Waals surface area contributed by atoms with E-state index < -0.39 is 0 Å². The number of fused-ring (bicyclic) bond motifs is 4. The number of hydrogen-bond donors (Lipinski definition) is 0. The summed E-state index contributed by atoms with van der Waals surface area (Å²) in [4.78, 5) is 0. The van der Waals surface area contributed by atoms with Gasteiger partial charge in [0, 0.05) is 25.9 Å². The van der Waals surface area contributed by atoms with Crippen LogP contribution in [-0.2, 0) is 14.2 Å². The second kappa shape index (κ2) is 3.19. The summed E-state index contributed by atoms with van der Waals surface area (Å²) in [6.45, 7) is 0.770. The maximum absolute atomic E-state index is 6.07. The van der Waals surface area contributed by atoms with Gasteiger partial charge in [-0.05, 0) is 12.8 Å². The molecule has 1 aliphatic carbocycles. The van der Waals surface area contributed by atoms with Crippen molar-refractivity contribution >= 4 is 0 Å². The number of methoxy groups -OCH3 is 1. The molecule has 2 bridgehead atoms. The molecule has 80 valence electrons. The number of rotatable bonds is 1. The highest BCUT2D eigenvalue weighted by Gasteiger charge is 2.54. The first kappa shape index (κ1) is 9.13. The van der Waals surface area contributed by atoms with E-state index in [1.165, 1.54) is 19.3 Å². The van der Waals surface area contributed by atoms with Crippen molar-refractivity contribution in [3.63, 3.8) is 0 Å². The molecule has 0 spiro atoms. The van der Waals surface area contributed by atoms with Crippen molar-refractivity contribution in [2.75, 3.05) is 13.7 Å². The van der Waals surface area contributed by atoms with E-state index in [0.717, 1.165) is 19.4 Å². The SMILES string of the molecule is CO[C@@]12CCCC[C@H]1[C@H]1C[C@H](CO1)O2. The second-order valence-electron chi connectivity index (χ2n) is 4.72. The molecule has 3 rings (SSSR count). The van der Waals surface area contributed by atoms with Crippen molar-refractivity contribution in [1.29, 1.82) is 0 Å². The summed E-state index contributed by atoms with van der Waals surface area (Å²) in [6, 6.07) is 0. The van der Waals surface area contributed by atoms with Crippen molar-refractivity contribution in [2.45, 2.75) is 50.1 Å². The lowest BCUT2D eigenvalue weighted by atomic mass is 9.77. The zero-order valence-electron chi connectivity index (χ0n) is 8.70. The molecule has 3 fully saturated rings. The van der Waals surface area contributed by atoms with E-state index in [1.54, 1.807) is 7.11 Å². The molecule has 0 amide bonds. The molecule has 0 aromatic carbocycles. The van der Waals surface area contributed by atoms with Gasteiger partial charge in [0.1, 0.15) is 0 Å². The fourth-order valence-corrected chi connectivity index (χ4v) is 3.33. The van der Waals surface area contributed by atoms with Crippen LogP contribution in [0.4, 0.5) is 0 Å². The molecule has 2 heterocycles. The normalized spacial score (nSPS) is 51.6. The average Bonchev–Trinajstić information content (AvgIpc) is 2.62. The minimum absolute atomic E-state index is 0.286. The number of hydrogen-bond acceptors (Lipinski definition) is 3. The Hall–Kier alpha value is -0.120. The van der Waals surface area contributed by atoms with Crippen molar-refractivity contribution in [3.05, 3.63) is 0 Å². The van der Waals surface area contributed by atoms with Crippen LogP contribution in [0.3, 0.4) is 0 Å².